The van der Waals surface area contributed by atoms with Crippen molar-refractivity contribution in [2.75, 3.05) is 10.6 Å². The second-order valence-corrected chi connectivity index (χ2v) is 7.24. The summed E-state index contributed by atoms with van der Waals surface area (Å²) in [5.41, 5.74) is 1.16. The van der Waals surface area contributed by atoms with Crippen molar-refractivity contribution in [3.05, 3.63) is 45.6 Å². The Morgan fingerprint density at radius 2 is 1.84 bits per heavy atom. The molecule has 2 N–H and O–H groups in total. The molecule has 0 aliphatic rings. The summed E-state index contributed by atoms with van der Waals surface area (Å²) in [5.74, 6) is -0.151. The largest absolute Gasteiger partial charge is 0.326 e. The summed E-state index contributed by atoms with van der Waals surface area (Å²) in [6.45, 7) is 4.16. The summed E-state index contributed by atoms with van der Waals surface area (Å²) in [7, 11) is 0. The minimum Gasteiger partial charge on any atom is -0.326 e. The Balaban J connectivity index is 2.03. The molecule has 2 rings (SSSR count). The van der Waals surface area contributed by atoms with Crippen LogP contribution in [0.3, 0.4) is 0 Å². The van der Waals surface area contributed by atoms with Crippen LogP contribution in [0.5, 0.6) is 0 Å². The van der Waals surface area contributed by atoms with Crippen molar-refractivity contribution in [3.8, 4) is 0 Å². The Bertz CT molecular complexity index is 710. The highest BCUT2D eigenvalue weighted by Gasteiger charge is 2.17. The molecular formula is C19H23ClN2O2S. The van der Waals surface area contributed by atoms with Crippen molar-refractivity contribution in [2.24, 2.45) is 5.92 Å². The number of anilines is 2. The number of nitrogens with one attached hydrogen (secondary N) is 2. The molecule has 0 unspecified atom stereocenters. The highest BCUT2D eigenvalue weighted by Crippen LogP contribution is 2.27. The van der Waals surface area contributed by atoms with Crippen LogP contribution in [-0.4, -0.2) is 11.8 Å². The van der Waals surface area contributed by atoms with Crippen molar-refractivity contribution in [1.29, 1.82) is 0 Å². The molecule has 0 bridgehead atoms. The Labute approximate surface area is 157 Å². The van der Waals surface area contributed by atoms with Gasteiger partial charge in [0.25, 0.3) is 5.91 Å². The molecular weight excluding hydrogens is 356 g/mol. The molecule has 25 heavy (non-hydrogen) atoms. The van der Waals surface area contributed by atoms with Gasteiger partial charge in [-0.3, -0.25) is 9.59 Å². The van der Waals surface area contributed by atoms with Gasteiger partial charge in [-0.2, -0.15) is 0 Å². The molecule has 134 valence electrons. The third kappa shape index (κ3) is 5.58. The maximum atomic E-state index is 12.4. The molecule has 0 spiro atoms. The summed E-state index contributed by atoms with van der Waals surface area (Å²) in [6.07, 6.45) is 3.71. The van der Waals surface area contributed by atoms with Crippen LogP contribution in [0.25, 0.3) is 0 Å². The van der Waals surface area contributed by atoms with E-state index in [1.165, 1.54) is 11.3 Å². The van der Waals surface area contributed by atoms with Gasteiger partial charge >= 0.3 is 0 Å². The lowest BCUT2D eigenvalue weighted by Gasteiger charge is -2.16. The van der Waals surface area contributed by atoms with Gasteiger partial charge < -0.3 is 10.6 Å². The number of thiophene rings is 1. The maximum absolute atomic E-state index is 12.4. The average molecular weight is 379 g/mol. The molecule has 6 heteroatoms. The monoisotopic (exact) mass is 378 g/mol. The second kappa shape index (κ2) is 9.59. The van der Waals surface area contributed by atoms with Crippen LogP contribution in [0.4, 0.5) is 11.4 Å². The van der Waals surface area contributed by atoms with E-state index in [4.69, 9.17) is 11.6 Å². The van der Waals surface area contributed by atoms with Gasteiger partial charge in [-0.05, 0) is 42.5 Å². The average Bonchev–Trinajstić information content (AvgIpc) is 3.11. The van der Waals surface area contributed by atoms with E-state index < -0.39 is 0 Å². The van der Waals surface area contributed by atoms with Crippen molar-refractivity contribution in [3.63, 3.8) is 0 Å². The number of carbonyl (C=O) groups is 2. The molecule has 0 saturated heterocycles. The number of hydrogen-bond acceptors (Lipinski definition) is 3. The predicted octanol–water partition coefficient (Wildman–Crippen LogP) is 5.81. The molecule has 1 aromatic heterocycles. The number of amides is 2. The van der Waals surface area contributed by atoms with Crippen molar-refractivity contribution in [2.45, 2.75) is 39.5 Å². The molecule has 0 aliphatic carbocycles. The first-order valence-electron chi connectivity index (χ1n) is 8.50. The molecule has 0 fully saturated rings. The normalized spacial score (nSPS) is 10.7. The van der Waals surface area contributed by atoms with Gasteiger partial charge in [0.2, 0.25) is 5.91 Å². The fourth-order valence-corrected chi connectivity index (χ4v) is 3.48. The van der Waals surface area contributed by atoms with E-state index in [0.717, 1.165) is 25.7 Å². The van der Waals surface area contributed by atoms with E-state index >= 15 is 0 Å². The van der Waals surface area contributed by atoms with Gasteiger partial charge in [0.1, 0.15) is 0 Å². The zero-order valence-electron chi connectivity index (χ0n) is 14.5. The second-order valence-electron chi connectivity index (χ2n) is 5.89. The van der Waals surface area contributed by atoms with Crippen molar-refractivity contribution < 1.29 is 9.59 Å². The van der Waals surface area contributed by atoms with Gasteiger partial charge in [0.05, 0.1) is 15.6 Å². The zero-order valence-corrected chi connectivity index (χ0v) is 16.0. The van der Waals surface area contributed by atoms with Gasteiger partial charge in [0, 0.05) is 11.6 Å². The Morgan fingerprint density at radius 3 is 2.40 bits per heavy atom. The van der Waals surface area contributed by atoms with Crippen LogP contribution >= 0.6 is 22.9 Å². The fourth-order valence-electron chi connectivity index (χ4n) is 2.63. The number of carbonyl (C=O) groups excluding carboxylic acids is 2. The SMILES string of the molecule is CCCC(CCC)C(=O)Nc1ccc(NC(=O)c2cccs2)c(Cl)c1. The first kappa shape index (κ1) is 19.5. The molecule has 2 aromatic rings. The van der Waals surface area contributed by atoms with Crippen LogP contribution < -0.4 is 10.6 Å². The van der Waals surface area contributed by atoms with Crippen LogP contribution in [0, 0.1) is 5.92 Å². The summed E-state index contributed by atoms with van der Waals surface area (Å²) < 4.78 is 0. The number of rotatable bonds is 8. The maximum Gasteiger partial charge on any atom is 0.265 e. The van der Waals surface area contributed by atoms with E-state index in [2.05, 4.69) is 24.5 Å². The minimum atomic E-state index is -0.195. The van der Waals surface area contributed by atoms with E-state index in [1.54, 1.807) is 24.3 Å². The predicted molar refractivity (Wildman–Crippen MR) is 106 cm³/mol. The Kier molecular flexibility index (Phi) is 7.47. The van der Waals surface area contributed by atoms with Crippen molar-refractivity contribution >= 4 is 46.1 Å². The summed E-state index contributed by atoms with van der Waals surface area (Å²) in [4.78, 5) is 25.1. The van der Waals surface area contributed by atoms with E-state index in [1.807, 2.05) is 11.4 Å². The number of halogens is 1. The fraction of sp³-hybridized carbons (Fsp3) is 0.368. The standard InChI is InChI=1S/C19H23ClN2O2S/c1-3-6-13(7-4-2)18(23)21-14-9-10-16(15(20)12-14)22-19(24)17-8-5-11-25-17/h5,8-13H,3-4,6-7H2,1-2H3,(H,21,23)(H,22,24). The topological polar surface area (TPSA) is 58.2 Å². The van der Waals surface area contributed by atoms with Crippen LogP contribution in [-0.2, 0) is 4.79 Å². The molecule has 0 saturated carbocycles. The van der Waals surface area contributed by atoms with Gasteiger partial charge in [-0.1, -0.05) is 44.4 Å². The first-order chi connectivity index (χ1) is 12.0. The third-order valence-electron chi connectivity index (χ3n) is 3.87. The van der Waals surface area contributed by atoms with Gasteiger partial charge in [-0.25, -0.2) is 0 Å². The lowest BCUT2D eigenvalue weighted by molar-refractivity contribution is -0.120. The van der Waals surface area contributed by atoms with Crippen molar-refractivity contribution in [1.82, 2.24) is 0 Å². The minimum absolute atomic E-state index is 0.0204. The summed E-state index contributed by atoms with van der Waals surface area (Å²) >= 11 is 7.63. The zero-order chi connectivity index (χ0) is 18.2. The van der Waals surface area contributed by atoms with Crippen LogP contribution in [0.1, 0.15) is 49.2 Å². The quantitative estimate of drug-likeness (QED) is 0.609. The van der Waals surface area contributed by atoms with E-state index in [9.17, 15) is 9.59 Å². The molecule has 2 amide bonds. The Morgan fingerprint density at radius 1 is 1.12 bits per heavy atom. The molecule has 0 aliphatic heterocycles. The summed E-state index contributed by atoms with van der Waals surface area (Å²) in [6, 6.07) is 8.70. The lowest BCUT2D eigenvalue weighted by atomic mass is 9.97. The van der Waals surface area contributed by atoms with Crippen LogP contribution in [0.15, 0.2) is 35.7 Å². The molecule has 0 radical (unpaired) electrons. The molecule has 1 heterocycles. The van der Waals surface area contributed by atoms with Gasteiger partial charge in [0.15, 0.2) is 0 Å². The smallest absolute Gasteiger partial charge is 0.265 e. The Hall–Kier alpha value is -1.85. The van der Waals surface area contributed by atoms with E-state index in [-0.39, 0.29) is 17.7 Å². The summed E-state index contributed by atoms with van der Waals surface area (Å²) in [5, 5.41) is 7.95. The van der Waals surface area contributed by atoms with Gasteiger partial charge in [-0.15, -0.1) is 11.3 Å². The molecule has 0 atom stereocenters. The van der Waals surface area contributed by atoms with E-state index in [0.29, 0.717) is 21.3 Å². The number of hydrogen-bond donors (Lipinski definition) is 2. The third-order valence-corrected chi connectivity index (χ3v) is 5.06. The van der Waals surface area contributed by atoms with Crippen LogP contribution in [0.2, 0.25) is 5.02 Å². The molecule has 1 aromatic carbocycles. The lowest BCUT2D eigenvalue weighted by Crippen LogP contribution is -2.22. The highest BCUT2D eigenvalue weighted by atomic mass is 35.5. The molecule has 4 nitrogen and oxygen atoms in total. The highest BCUT2D eigenvalue weighted by molar-refractivity contribution is 7.12. The number of benzene rings is 1. The first-order valence-corrected chi connectivity index (χ1v) is 9.76.